The van der Waals surface area contributed by atoms with Crippen LogP contribution in [0.15, 0.2) is 46.8 Å². The monoisotopic (exact) mass is 325 g/mol. The van der Waals surface area contributed by atoms with E-state index in [1.807, 2.05) is 32.0 Å². The highest BCUT2D eigenvalue weighted by Crippen LogP contribution is 2.42. The first-order valence-corrected chi connectivity index (χ1v) is 8.50. The Morgan fingerprint density at radius 3 is 2.79 bits per heavy atom. The number of hydrogen-bond donors (Lipinski definition) is 1. The second-order valence-corrected chi connectivity index (χ2v) is 6.40. The first kappa shape index (κ1) is 16.5. The average Bonchev–Trinajstić information content (AvgIpc) is 2.54. The summed E-state index contributed by atoms with van der Waals surface area (Å²) in [5.41, 5.74) is 5.12. The highest BCUT2D eigenvalue weighted by atomic mass is 16.5. The summed E-state index contributed by atoms with van der Waals surface area (Å²) < 4.78 is 5.28. The summed E-state index contributed by atoms with van der Waals surface area (Å²) in [5, 5.41) is 3.29. The van der Waals surface area contributed by atoms with Gasteiger partial charge < -0.3 is 10.1 Å². The molecule has 24 heavy (non-hydrogen) atoms. The molecule has 0 amide bonds. The molecule has 1 atom stereocenters. The molecule has 0 spiro atoms. The molecular weight excluding hydrogens is 302 g/mol. The van der Waals surface area contributed by atoms with E-state index in [2.05, 4.69) is 11.4 Å². The lowest BCUT2D eigenvalue weighted by atomic mass is 9.75. The number of carbonyl (C=O) groups is 2. The normalized spacial score (nSPS) is 20.6. The van der Waals surface area contributed by atoms with Gasteiger partial charge in [-0.05, 0) is 39.2 Å². The van der Waals surface area contributed by atoms with Crippen LogP contribution in [-0.4, -0.2) is 18.4 Å². The predicted molar refractivity (Wildman–Crippen MR) is 92.3 cm³/mol. The number of nitrogens with one attached hydrogen (secondary N) is 1. The molecule has 0 aromatic heterocycles. The van der Waals surface area contributed by atoms with Crippen molar-refractivity contribution in [3.63, 3.8) is 0 Å². The third kappa shape index (κ3) is 2.88. The number of rotatable bonds is 3. The Labute approximate surface area is 142 Å². The van der Waals surface area contributed by atoms with E-state index in [9.17, 15) is 9.59 Å². The van der Waals surface area contributed by atoms with Crippen molar-refractivity contribution < 1.29 is 14.3 Å². The summed E-state index contributed by atoms with van der Waals surface area (Å²) in [5.74, 6) is -0.559. The minimum Gasteiger partial charge on any atom is -0.463 e. The fraction of sp³-hybridized carbons (Fsp3) is 0.400. The summed E-state index contributed by atoms with van der Waals surface area (Å²) in [7, 11) is 0. The molecule has 0 bridgehead atoms. The Kier molecular flexibility index (Phi) is 4.56. The summed E-state index contributed by atoms with van der Waals surface area (Å²) >= 11 is 0. The van der Waals surface area contributed by atoms with Gasteiger partial charge in [0, 0.05) is 29.3 Å². The molecule has 0 radical (unpaired) electrons. The Morgan fingerprint density at radius 2 is 2.08 bits per heavy atom. The van der Waals surface area contributed by atoms with Gasteiger partial charge in [0.1, 0.15) is 0 Å². The number of ether oxygens (including phenoxy) is 1. The second-order valence-electron chi connectivity index (χ2n) is 6.40. The average molecular weight is 325 g/mol. The standard InChI is InChI=1S/C20H23NO3/c1-4-24-20(23)17-13(3)21-15-9-6-10-16(22)19(15)18(17)14-8-5-7-12(2)11-14/h5,7-8,11,18,21H,4,6,9-10H2,1-3H3. The first-order valence-electron chi connectivity index (χ1n) is 8.50. The zero-order chi connectivity index (χ0) is 17.3. The smallest absolute Gasteiger partial charge is 0.336 e. The maximum Gasteiger partial charge on any atom is 0.336 e. The van der Waals surface area contributed by atoms with E-state index in [1.165, 1.54) is 0 Å². The zero-order valence-electron chi connectivity index (χ0n) is 14.4. The zero-order valence-corrected chi connectivity index (χ0v) is 14.4. The van der Waals surface area contributed by atoms with Crippen LogP contribution in [0, 0.1) is 6.92 Å². The van der Waals surface area contributed by atoms with Crippen LogP contribution in [0.4, 0.5) is 0 Å². The summed E-state index contributed by atoms with van der Waals surface area (Å²) in [6.45, 7) is 6.01. The molecule has 1 aliphatic heterocycles. The van der Waals surface area contributed by atoms with Gasteiger partial charge in [0.05, 0.1) is 12.2 Å². The van der Waals surface area contributed by atoms with Crippen LogP contribution in [0.3, 0.4) is 0 Å². The lowest BCUT2D eigenvalue weighted by molar-refractivity contribution is -0.138. The van der Waals surface area contributed by atoms with E-state index in [0.29, 0.717) is 18.6 Å². The molecule has 1 aromatic carbocycles. The van der Waals surface area contributed by atoms with Crippen molar-refractivity contribution in [3.05, 3.63) is 57.9 Å². The van der Waals surface area contributed by atoms with Gasteiger partial charge in [0.15, 0.2) is 5.78 Å². The molecule has 1 heterocycles. The Bertz CT molecular complexity index is 758. The third-order valence-corrected chi connectivity index (χ3v) is 4.65. The lowest BCUT2D eigenvalue weighted by Gasteiger charge is -2.34. The third-order valence-electron chi connectivity index (χ3n) is 4.65. The number of allylic oxidation sites excluding steroid dienone is 3. The number of dihydropyridines is 1. The van der Waals surface area contributed by atoms with Crippen LogP contribution < -0.4 is 5.32 Å². The van der Waals surface area contributed by atoms with Crippen molar-refractivity contribution in [1.29, 1.82) is 0 Å². The number of benzene rings is 1. The van der Waals surface area contributed by atoms with Gasteiger partial charge >= 0.3 is 5.97 Å². The van der Waals surface area contributed by atoms with Crippen molar-refractivity contribution in [2.75, 3.05) is 6.61 Å². The molecule has 1 N–H and O–H groups in total. The van der Waals surface area contributed by atoms with Gasteiger partial charge in [-0.25, -0.2) is 4.79 Å². The van der Waals surface area contributed by atoms with E-state index in [1.54, 1.807) is 6.92 Å². The van der Waals surface area contributed by atoms with E-state index in [0.717, 1.165) is 40.9 Å². The van der Waals surface area contributed by atoms with E-state index in [4.69, 9.17) is 4.74 Å². The van der Waals surface area contributed by atoms with E-state index in [-0.39, 0.29) is 17.7 Å². The van der Waals surface area contributed by atoms with Crippen molar-refractivity contribution in [2.45, 2.75) is 46.0 Å². The molecule has 2 aliphatic rings. The van der Waals surface area contributed by atoms with Crippen LogP contribution in [0.1, 0.15) is 50.2 Å². The van der Waals surface area contributed by atoms with E-state index < -0.39 is 0 Å². The quantitative estimate of drug-likeness (QED) is 0.864. The maximum absolute atomic E-state index is 12.7. The molecule has 3 rings (SSSR count). The van der Waals surface area contributed by atoms with Crippen LogP contribution in [0.25, 0.3) is 0 Å². The topological polar surface area (TPSA) is 55.4 Å². The molecule has 4 heteroatoms. The Hall–Kier alpha value is -2.36. The highest BCUT2D eigenvalue weighted by molar-refractivity contribution is 6.03. The van der Waals surface area contributed by atoms with Gasteiger partial charge in [-0.2, -0.15) is 0 Å². The van der Waals surface area contributed by atoms with Crippen molar-refractivity contribution in [2.24, 2.45) is 0 Å². The summed E-state index contributed by atoms with van der Waals surface area (Å²) in [4.78, 5) is 25.3. The number of ketones is 1. The minimum atomic E-state index is -0.348. The Balaban J connectivity index is 2.17. The van der Waals surface area contributed by atoms with Crippen molar-refractivity contribution >= 4 is 11.8 Å². The molecule has 1 aromatic rings. The van der Waals surface area contributed by atoms with Crippen LogP contribution >= 0.6 is 0 Å². The minimum absolute atomic E-state index is 0.129. The molecular formula is C20H23NO3. The van der Waals surface area contributed by atoms with Gasteiger partial charge in [0.2, 0.25) is 0 Å². The fourth-order valence-corrected chi connectivity index (χ4v) is 3.65. The molecule has 4 nitrogen and oxygen atoms in total. The van der Waals surface area contributed by atoms with Crippen LogP contribution in [-0.2, 0) is 14.3 Å². The largest absolute Gasteiger partial charge is 0.463 e. The second kappa shape index (κ2) is 6.63. The van der Waals surface area contributed by atoms with Gasteiger partial charge in [-0.3, -0.25) is 4.79 Å². The van der Waals surface area contributed by atoms with Gasteiger partial charge in [-0.1, -0.05) is 29.8 Å². The molecule has 0 saturated heterocycles. The van der Waals surface area contributed by atoms with Crippen molar-refractivity contribution in [1.82, 2.24) is 5.32 Å². The van der Waals surface area contributed by atoms with Crippen LogP contribution in [0.5, 0.6) is 0 Å². The number of aryl methyl sites for hydroxylation is 1. The molecule has 1 aliphatic carbocycles. The fourth-order valence-electron chi connectivity index (χ4n) is 3.65. The summed E-state index contributed by atoms with van der Waals surface area (Å²) in [6, 6.07) is 8.03. The number of Topliss-reactive ketones (excluding diaryl/α,β-unsaturated/α-hetero) is 1. The Morgan fingerprint density at radius 1 is 1.29 bits per heavy atom. The van der Waals surface area contributed by atoms with Crippen molar-refractivity contribution in [3.8, 4) is 0 Å². The SMILES string of the molecule is CCOC(=O)C1=C(C)NC2=C(C(=O)CCC2)C1c1cccc(C)c1. The first-order chi connectivity index (χ1) is 11.5. The molecule has 126 valence electrons. The van der Waals surface area contributed by atoms with Gasteiger partial charge in [0.25, 0.3) is 0 Å². The summed E-state index contributed by atoms with van der Waals surface area (Å²) in [6.07, 6.45) is 2.24. The van der Waals surface area contributed by atoms with Gasteiger partial charge in [-0.15, -0.1) is 0 Å². The lowest BCUT2D eigenvalue weighted by Crippen LogP contribution is -2.34. The predicted octanol–water partition coefficient (Wildman–Crippen LogP) is 3.53. The highest BCUT2D eigenvalue weighted by Gasteiger charge is 2.38. The molecule has 0 saturated carbocycles. The number of carbonyl (C=O) groups excluding carboxylic acids is 2. The van der Waals surface area contributed by atoms with E-state index >= 15 is 0 Å². The number of esters is 1. The molecule has 0 fully saturated rings. The maximum atomic E-state index is 12.7. The number of hydrogen-bond acceptors (Lipinski definition) is 4. The molecule has 1 unspecified atom stereocenters. The van der Waals surface area contributed by atoms with Crippen LogP contribution in [0.2, 0.25) is 0 Å².